The highest BCUT2D eigenvalue weighted by Gasteiger charge is 2.12. The molecule has 0 aliphatic heterocycles. The molecule has 0 aliphatic rings. The van der Waals surface area contributed by atoms with Crippen molar-refractivity contribution >= 4 is 49.9 Å². The molecule has 1 amide bonds. The first-order valence-electron chi connectivity index (χ1n) is 10.3. The maximum atomic E-state index is 12.8. The van der Waals surface area contributed by atoms with Gasteiger partial charge in [-0.3, -0.25) is 9.59 Å². The number of para-hydroxylation sites is 2. The molecule has 33 heavy (non-hydrogen) atoms. The van der Waals surface area contributed by atoms with Crippen molar-refractivity contribution in [2.45, 2.75) is 6.54 Å². The van der Waals surface area contributed by atoms with Gasteiger partial charge in [0.15, 0.2) is 5.43 Å². The third-order valence-electron chi connectivity index (χ3n) is 5.32. The van der Waals surface area contributed by atoms with Crippen molar-refractivity contribution in [3.63, 3.8) is 0 Å². The Morgan fingerprint density at radius 3 is 2.21 bits per heavy atom. The zero-order valence-corrected chi connectivity index (χ0v) is 19.0. The first-order valence-corrected chi connectivity index (χ1v) is 11.1. The summed E-state index contributed by atoms with van der Waals surface area (Å²) in [6.45, 7) is 0.0148. The standard InChI is InChI=1S/C26H18BrN3O3/c27-18-11-9-17(10-12-18)24-14-13-19(33-24)15-28-29-25(31)16-30-22-7-3-1-5-20(22)26(32)21-6-2-4-8-23(21)30/h1-15H,16H2,(H,29,31). The Morgan fingerprint density at radius 2 is 1.55 bits per heavy atom. The minimum atomic E-state index is -0.315. The summed E-state index contributed by atoms with van der Waals surface area (Å²) in [4.78, 5) is 25.5. The Morgan fingerprint density at radius 1 is 0.909 bits per heavy atom. The van der Waals surface area contributed by atoms with Crippen LogP contribution in [0.2, 0.25) is 0 Å². The Balaban J connectivity index is 1.36. The predicted octanol–water partition coefficient (Wildman–Crippen LogP) is 5.33. The normalized spacial score (nSPS) is 11.4. The highest BCUT2D eigenvalue weighted by atomic mass is 79.9. The molecule has 0 unspecified atom stereocenters. The van der Waals surface area contributed by atoms with Gasteiger partial charge in [-0.1, -0.05) is 52.3 Å². The van der Waals surface area contributed by atoms with Gasteiger partial charge in [-0.2, -0.15) is 5.10 Å². The number of carbonyl (C=O) groups is 1. The molecule has 3 aromatic carbocycles. The molecule has 5 rings (SSSR count). The Labute approximate surface area is 197 Å². The van der Waals surface area contributed by atoms with E-state index in [0.717, 1.165) is 10.0 Å². The van der Waals surface area contributed by atoms with Gasteiger partial charge < -0.3 is 8.98 Å². The number of furan rings is 1. The highest BCUT2D eigenvalue weighted by Crippen LogP contribution is 2.23. The Bertz CT molecular complexity index is 1510. The van der Waals surface area contributed by atoms with Gasteiger partial charge in [0, 0.05) is 20.8 Å². The fourth-order valence-corrected chi connectivity index (χ4v) is 4.05. The molecule has 0 saturated carbocycles. The number of pyridine rings is 1. The van der Waals surface area contributed by atoms with Crippen LogP contribution in [0.4, 0.5) is 0 Å². The lowest BCUT2D eigenvalue weighted by molar-refractivity contribution is -0.121. The van der Waals surface area contributed by atoms with E-state index in [-0.39, 0.29) is 17.9 Å². The summed E-state index contributed by atoms with van der Waals surface area (Å²) in [5.41, 5.74) is 4.84. The molecular weight excluding hydrogens is 482 g/mol. The minimum absolute atomic E-state index is 0.0148. The van der Waals surface area contributed by atoms with Crippen LogP contribution >= 0.6 is 15.9 Å². The van der Waals surface area contributed by atoms with E-state index < -0.39 is 0 Å². The first kappa shape index (κ1) is 20.9. The molecule has 2 aromatic heterocycles. The van der Waals surface area contributed by atoms with Crippen LogP contribution in [0.1, 0.15) is 5.76 Å². The monoisotopic (exact) mass is 499 g/mol. The fourth-order valence-electron chi connectivity index (χ4n) is 3.79. The molecule has 0 spiro atoms. The van der Waals surface area contributed by atoms with Crippen LogP contribution in [0, 0.1) is 0 Å². The van der Waals surface area contributed by atoms with Crippen LogP contribution in [-0.4, -0.2) is 16.7 Å². The van der Waals surface area contributed by atoms with Crippen molar-refractivity contribution in [1.29, 1.82) is 0 Å². The number of halogens is 1. The third kappa shape index (κ3) is 4.23. The Kier molecular flexibility index (Phi) is 5.62. The second-order valence-corrected chi connectivity index (χ2v) is 8.37. The molecule has 1 N–H and O–H groups in total. The van der Waals surface area contributed by atoms with Gasteiger partial charge in [0.1, 0.15) is 18.1 Å². The smallest absolute Gasteiger partial charge is 0.260 e. The van der Waals surface area contributed by atoms with Crippen LogP contribution < -0.4 is 10.9 Å². The van der Waals surface area contributed by atoms with Crippen LogP contribution in [0.25, 0.3) is 33.1 Å². The SMILES string of the molecule is O=C(Cn1c2ccccc2c(=O)c2ccccc21)NN=Cc1ccc(-c2ccc(Br)cc2)o1. The molecule has 0 atom stereocenters. The number of hydrazone groups is 1. The number of fused-ring (bicyclic) bond motifs is 2. The van der Waals surface area contributed by atoms with Crippen molar-refractivity contribution < 1.29 is 9.21 Å². The summed E-state index contributed by atoms with van der Waals surface area (Å²) in [6.07, 6.45) is 1.46. The quantitative estimate of drug-likeness (QED) is 0.202. The number of benzene rings is 3. The number of carbonyl (C=O) groups excluding carboxylic acids is 1. The molecule has 2 heterocycles. The van der Waals surface area contributed by atoms with Gasteiger partial charge >= 0.3 is 0 Å². The number of hydrogen-bond donors (Lipinski definition) is 1. The molecule has 6 nitrogen and oxygen atoms in total. The topological polar surface area (TPSA) is 76.6 Å². The molecule has 0 fully saturated rings. The third-order valence-corrected chi connectivity index (χ3v) is 5.85. The van der Waals surface area contributed by atoms with E-state index in [1.807, 2.05) is 71.3 Å². The summed E-state index contributed by atoms with van der Waals surface area (Å²) in [5.74, 6) is 0.916. The predicted molar refractivity (Wildman–Crippen MR) is 133 cm³/mol. The van der Waals surface area contributed by atoms with E-state index in [2.05, 4.69) is 26.5 Å². The summed E-state index contributed by atoms with van der Waals surface area (Å²) in [6, 6.07) is 26.0. The molecular formula is C26H18BrN3O3. The van der Waals surface area contributed by atoms with E-state index in [1.165, 1.54) is 6.21 Å². The van der Waals surface area contributed by atoms with Crippen molar-refractivity contribution in [2.75, 3.05) is 0 Å². The Hall–Kier alpha value is -3.97. The summed E-state index contributed by atoms with van der Waals surface area (Å²) >= 11 is 3.42. The van der Waals surface area contributed by atoms with Crippen molar-refractivity contribution in [3.8, 4) is 11.3 Å². The van der Waals surface area contributed by atoms with Gasteiger partial charge in [-0.25, -0.2) is 5.43 Å². The molecule has 0 radical (unpaired) electrons. The van der Waals surface area contributed by atoms with E-state index in [4.69, 9.17) is 4.42 Å². The maximum Gasteiger partial charge on any atom is 0.260 e. The molecule has 162 valence electrons. The molecule has 7 heteroatoms. The van der Waals surface area contributed by atoms with Crippen molar-refractivity contribution in [1.82, 2.24) is 9.99 Å². The lowest BCUT2D eigenvalue weighted by atomic mass is 10.1. The minimum Gasteiger partial charge on any atom is -0.455 e. The molecule has 0 saturated heterocycles. The van der Waals surface area contributed by atoms with Crippen LogP contribution in [-0.2, 0) is 11.3 Å². The van der Waals surface area contributed by atoms with Crippen molar-refractivity contribution in [2.24, 2.45) is 5.10 Å². The number of rotatable bonds is 5. The number of amides is 1. The van der Waals surface area contributed by atoms with E-state index in [1.54, 1.807) is 18.2 Å². The molecule has 0 aliphatic carbocycles. The van der Waals surface area contributed by atoms with E-state index in [9.17, 15) is 9.59 Å². The maximum absolute atomic E-state index is 12.8. The van der Waals surface area contributed by atoms with Gasteiger partial charge in [-0.15, -0.1) is 0 Å². The van der Waals surface area contributed by atoms with Crippen molar-refractivity contribution in [3.05, 3.63) is 105 Å². The van der Waals surface area contributed by atoms with E-state index >= 15 is 0 Å². The average molecular weight is 500 g/mol. The van der Waals surface area contributed by atoms with Crippen LogP contribution in [0.15, 0.2) is 104 Å². The van der Waals surface area contributed by atoms with Crippen LogP contribution in [0.3, 0.4) is 0 Å². The first-order chi connectivity index (χ1) is 16.1. The van der Waals surface area contributed by atoms with Crippen LogP contribution in [0.5, 0.6) is 0 Å². The number of nitrogens with one attached hydrogen (secondary N) is 1. The van der Waals surface area contributed by atoms with Gasteiger partial charge in [0.25, 0.3) is 5.91 Å². The number of nitrogens with zero attached hydrogens (tertiary/aromatic N) is 2. The summed E-state index contributed by atoms with van der Waals surface area (Å²) in [5, 5.41) is 5.18. The van der Waals surface area contributed by atoms with Gasteiger partial charge in [-0.05, 0) is 48.5 Å². The molecule has 0 bridgehead atoms. The fraction of sp³-hybridized carbons (Fsp3) is 0.0385. The zero-order valence-electron chi connectivity index (χ0n) is 17.4. The zero-order chi connectivity index (χ0) is 22.8. The second-order valence-electron chi connectivity index (χ2n) is 7.45. The van der Waals surface area contributed by atoms with Gasteiger partial charge in [0.05, 0.1) is 17.2 Å². The lowest BCUT2D eigenvalue weighted by Gasteiger charge is -2.14. The summed E-state index contributed by atoms with van der Waals surface area (Å²) < 4.78 is 8.60. The number of hydrogen-bond acceptors (Lipinski definition) is 4. The average Bonchev–Trinajstić information content (AvgIpc) is 3.31. The highest BCUT2D eigenvalue weighted by molar-refractivity contribution is 9.10. The summed E-state index contributed by atoms with van der Waals surface area (Å²) in [7, 11) is 0. The largest absolute Gasteiger partial charge is 0.455 e. The second kappa shape index (κ2) is 8.88. The van der Waals surface area contributed by atoms with Gasteiger partial charge in [0.2, 0.25) is 0 Å². The lowest BCUT2D eigenvalue weighted by Crippen LogP contribution is -2.25. The number of aromatic nitrogens is 1. The molecule has 5 aromatic rings. The van der Waals surface area contributed by atoms with E-state index in [0.29, 0.717) is 33.3 Å².